The van der Waals surface area contributed by atoms with E-state index in [0.29, 0.717) is 0 Å². The molecule has 0 aliphatic carbocycles. The van der Waals surface area contributed by atoms with E-state index in [2.05, 4.69) is 49.0 Å². The van der Waals surface area contributed by atoms with Gasteiger partial charge in [-0.1, -0.05) is 181 Å². The lowest BCUT2D eigenvalue weighted by Gasteiger charge is -2.47. The molecule has 2 nitrogen and oxygen atoms in total. The van der Waals surface area contributed by atoms with Crippen molar-refractivity contribution in [1.82, 2.24) is 0 Å². The highest BCUT2D eigenvalue weighted by Crippen LogP contribution is 2.25. The van der Waals surface area contributed by atoms with E-state index in [-0.39, 0.29) is 34.0 Å². The van der Waals surface area contributed by atoms with Crippen LogP contribution in [0.4, 0.5) is 0 Å². The molecule has 0 N–H and O–H groups in total. The average Bonchev–Trinajstić information content (AvgIpc) is 2.97. The van der Waals surface area contributed by atoms with Gasteiger partial charge in [0.1, 0.15) is 0 Å². The Hall–Kier alpha value is 0.880. The lowest BCUT2D eigenvalue weighted by Crippen LogP contribution is -3.00. The van der Waals surface area contributed by atoms with Crippen LogP contribution in [0, 0.1) is 0 Å². The summed E-state index contributed by atoms with van der Waals surface area (Å²) in [4.78, 5) is 0. The third kappa shape index (κ3) is 31.9. The Morgan fingerprint density at radius 2 is 0.489 bits per heavy atom. The molecule has 0 aromatic rings. The van der Waals surface area contributed by atoms with E-state index in [4.69, 9.17) is 0 Å². The zero-order valence-corrected chi connectivity index (χ0v) is 35.7. The zero-order chi connectivity index (χ0) is 31.9. The summed E-state index contributed by atoms with van der Waals surface area (Å²) in [6, 6.07) is 0. The fourth-order valence-corrected chi connectivity index (χ4v) is 7.66. The van der Waals surface area contributed by atoms with Gasteiger partial charge in [-0.15, -0.1) is 0 Å². The first kappa shape index (κ1) is 50.3. The smallest absolute Gasteiger partial charge is 0.215 e. The second kappa shape index (κ2) is 36.2. The average molecular weight is 769 g/mol. The SMILES string of the molecule is CCCCCCCCCCCCCCCC[N+](C)(C)C(CCCC)[N+](C)(C)CCCCCCCCCCCCCCCC.[Br-].[Br-]. The molecular formula is C41H88Br2N2. The quantitative estimate of drug-likeness (QED) is 0.0354. The van der Waals surface area contributed by atoms with Crippen LogP contribution in [0.2, 0.25) is 0 Å². The predicted octanol–water partition coefficient (Wildman–Crippen LogP) is 7.63. The van der Waals surface area contributed by atoms with Crippen molar-refractivity contribution in [3.63, 3.8) is 0 Å². The van der Waals surface area contributed by atoms with Crippen LogP contribution in [0.3, 0.4) is 0 Å². The summed E-state index contributed by atoms with van der Waals surface area (Å²) in [6.07, 6.45) is 45.5. The Morgan fingerprint density at radius 1 is 0.289 bits per heavy atom. The van der Waals surface area contributed by atoms with E-state index in [0.717, 1.165) is 6.17 Å². The number of nitrogens with zero attached hydrogens (tertiary/aromatic N) is 2. The van der Waals surface area contributed by atoms with Gasteiger partial charge in [-0.25, -0.2) is 0 Å². The first-order chi connectivity index (χ1) is 20.8. The molecule has 0 fully saturated rings. The minimum absolute atomic E-state index is 0. The second-order valence-electron chi connectivity index (χ2n) is 15.8. The molecule has 0 radical (unpaired) electrons. The van der Waals surface area contributed by atoms with E-state index < -0.39 is 0 Å². The van der Waals surface area contributed by atoms with Crippen molar-refractivity contribution in [2.24, 2.45) is 0 Å². The lowest BCUT2D eigenvalue weighted by molar-refractivity contribution is -1.10. The van der Waals surface area contributed by atoms with Crippen LogP contribution in [0.25, 0.3) is 0 Å². The second-order valence-corrected chi connectivity index (χ2v) is 15.8. The summed E-state index contributed by atoms with van der Waals surface area (Å²) in [7, 11) is 10.2. The largest absolute Gasteiger partial charge is 1.00 e. The molecule has 0 aliphatic heterocycles. The highest BCUT2D eigenvalue weighted by molar-refractivity contribution is 4.55. The molecule has 0 amide bonds. The van der Waals surface area contributed by atoms with Gasteiger partial charge in [0.05, 0.1) is 47.7 Å². The van der Waals surface area contributed by atoms with Gasteiger partial charge in [0, 0.05) is 0 Å². The van der Waals surface area contributed by atoms with Gasteiger partial charge in [-0.3, -0.25) is 8.97 Å². The van der Waals surface area contributed by atoms with Gasteiger partial charge in [0.25, 0.3) is 0 Å². The van der Waals surface area contributed by atoms with Crippen LogP contribution >= 0.6 is 0 Å². The molecule has 0 aliphatic rings. The Bertz CT molecular complexity index is 508. The Labute approximate surface area is 308 Å². The highest BCUT2D eigenvalue weighted by Gasteiger charge is 2.40. The number of hydrogen-bond acceptors (Lipinski definition) is 0. The van der Waals surface area contributed by atoms with E-state index in [1.165, 1.54) is 221 Å². The third-order valence-corrected chi connectivity index (χ3v) is 10.6. The van der Waals surface area contributed by atoms with Crippen molar-refractivity contribution < 1.29 is 42.9 Å². The number of quaternary nitrogens is 2. The molecule has 0 saturated carbocycles. The van der Waals surface area contributed by atoms with Crippen LogP contribution in [0.5, 0.6) is 0 Å². The number of rotatable bonds is 35. The summed E-state index contributed by atoms with van der Waals surface area (Å²) in [5.41, 5.74) is 0. The van der Waals surface area contributed by atoms with Crippen molar-refractivity contribution in [1.29, 1.82) is 0 Å². The summed E-state index contributed by atoms with van der Waals surface area (Å²) in [5, 5.41) is 0. The molecule has 0 aromatic heterocycles. The maximum absolute atomic E-state index is 2.55. The van der Waals surface area contributed by atoms with Gasteiger partial charge in [0.2, 0.25) is 6.17 Å². The first-order valence-corrected chi connectivity index (χ1v) is 20.5. The molecule has 0 atom stereocenters. The lowest BCUT2D eigenvalue weighted by atomic mass is 10.0. The van der Waals surface area contributed by atoms with Crippen molar-refractivity contribution in [2.75, 3.05) is 41.3 Å². The van der Waals surface area contributed by atoms with Gasteiger partial charge in [0.15, 0.2) is 0 Å². The highest BCUT2D eigenvalue weighted by atomic mass is 79.9. The van der Waals surface area contributed by atoms with E-state index in [1.807, 2.05) is 0 Å². The van der Waals surface area contributed by atoms with Crippen LogP contribution in [0.1, 0.15) is 220 Å². The Balaban J connectivity index is -0.00000882. The van der Waals surface area contributed by atoms with Crippen molar-refractivity contribution in [2.45, 2.75) is 226 Å². The maximum atomic E-state index is 2.55. The van der Waals surface area contributed by atoms with Crippen LogP contribution in [-0.4, -0.2) is 56.4 Å². The topological polar surface area (TPSA) is 0 Å². The molecule has 0 spiro atoms. The molecule has 45 heavy (non-hydrogen) atoms. The standard InChI is InChI=1S/C41H88N2.2BrH/c1-8-11-14-16-18-20-22-24-26-28-30-32-34-36-39-42(4,5)41(38-13-10-3)43(6,7)40-37-35-33-31-29-27-25-23-21-19-17-15-12-9-2;;/h41H,8-40H2,1-7H3;2*1H/q+2;;/p-2. The minimum Gasteiger partial charge on any atom is -1.00 e. The van der Waals surface area contributed by atoms with Gasteiger partial charge < -0.3 is 34.0 Å². The summed E-state index contributed by atoms with van der Waals surface area (Å²) in [5.74, 6) is 0. The van der Waals surface area contributed by atoms with E-state index >= 15 is 0 Å². The number of unbranched alkanes of at least 4 members (excludes halogenated alkanes) is 27. The molecular weight excluding hydrogens is 680 g/mol. The number of halogens is 2. The molecule has 0 heterocycles. The van der Waals surface area contributed by atoms with E-state index in [1.54, 1.807) is 0 Å². The molecule has 0 aromatic carbocycles. The summed E-state index contributed by atoms with van der Waals surface area (Å²) >= 11 is 0. The molecule has 0 saturated heterocycles. The van der Waals surface area contributed by atoms with Crippen molar-refractivity contribution >= 4 is 0 Å². The molecule has 0 unspecified atom stereocenters. The normalized spacial score (nSPS) is 12.0. The monoisotopic (exact) mass is 767 g/mol. The van der Waals surface area contributed by atoms with Crippen LogP contribution in [0.15, 0.2) is 0 Å². The maximum Gasteiger partial charge on any atom is 0.215 e. The Kier molecular flexibility index (Phi) is 40.4. The molecule has 4 heteroatoms. The zero-order valence-electron chi connectivity index (χ0n) is 32.6. The van der Waals surface area contributed by atoms with Crippen molar-refractivity contribution in [3.05, 3.63) is 0 Å². The van der Waals surface area contributed by atoms with Gasteiger partial charge >= 0.3 is 0 Å². The predicted molar refractivity (Wildman–Crippen MR) is 198 cm³/mol. The first-order valence-electron chi connectivity index (χ1n) is 20.5. The third-order valence-electron chi connectivity index (χ3n) is 10.6. The van der Waals surface area contributed by atoms with Gasteiger partial charge in [-0.2, -0.15) is 0 Å². The summed E-state index contributed by atoms with van der Waals surface area (Å²) < 4.78 is 2.42. The van der Waals surface area contributed by atoms with Crippen LogP contribution in [-0.2, 0) is 0 Å². The fraction of sp³-hybridized carbons (Fsp3) is 1.00. The molecule has 0 bridgehead atoms. The molecule has 276 valence electrons. The summed E-state index contributed by atoms with van der Waals surface area (Å²) in [6.45, 7) is 9.71. The fourth-order valence-electron chi connectivity index (χ4n) is 7.66. The van der Waals surface area contributed by atoms with E-state index in [9.17, 15) is 0 Å². The Morgan fingerprint density at radius 3 is 0.711 bits per heavy atom. The molecule has 0 rings (SSSR count). The minimum atomic E-state index is 0. The van der Waals surface area contributed by atoms with Crippen molar-refractivity contribution in [3.8, 4) is 0 Å². The van der Waals surface area contributed by atoms with Gasteiger partial charge in [-0.05, 0) is 32.1 Å². The number of hydrogen-bond donors (Lipinski definition) is 0. The van der Waals surface area contributed by atoms with Crippen LogP contribution < -0.4 is 34.0 Å².